The minimum atomic E-state index is -0.278. The van der Waals surface area contributed by atoms with Crippen LogP contribution in [-0.4, -0.2) is 32.8 Å². The Morgan fingerprint density at radius 1 is 1.12 bits per heavy atom. The van der Waals surface area contributed by atoms with E-state index in [1.165, 1.54) is 7.11 Å². The third-order valence-corrected chi connectivity index (χ3v) is 3.90. The largest absolute Gasteiger partial charge is 0.496 e. The van der Waals surface area contributed by atoms with Crippen molar-refractivity contribution in [1.82, 2.24) is 0 Å². The Hall–Kier alpha value is -2.89. The predicted molar refractivity (Wildman–Crippen MR) is 98.8 cm³/mol. The SMILES string of the molecule is CCCOc1ccc(NC(=O)c2cc3c(cc2OC)OCCCO3)cc1. The molecule has 0 aliphatic carbocycles. The van der Waals surface area contributed by atoms with Gasteiger partial charge in [-0.15, -0.1) is 0 Å². The Labute approximate surface area is 153 Å². The summed E-state index contributed by atoms with van der Waals surface area (Å²) in [7, 11) is 1.52. The average molecular weight is 357 g/mol. The average Bonchev–Trinajstić information content (AvgIpc) is 2.91. The Morgan fingerprint density at radius 3 is 2.46 bits per heavy atom. The van der Waals surface area contributed by atoms with Crippen molar-refractivity contribution in [2.75, 3.05) is 32.2 Å². The van der Waals surface area contributed by atoms with Gasteiger partial charge in [-0.1, -0.05) is 6.92 Å². The molecule has 2 aromatic carbocycles. The highest BCUT2D eigenvalue weighted by molar-refractivity contribution is 6.06. The molecule has 0 saturated heterocycles. The summed E-state index contributed by atoms with van der Waals surface area (Å²) in [6, 6.07) is 10.6. The molecule has 0 bridgehead atoms. The van der Waals surface area contributed by atoms with Crippen molar-refractivity contribution in [1.29, 1.82) is 0 Å². The maximum absolute atomic E-state index is 12.7. The maximum atomic E-state index is 12.7. The summed E-state index contributed by atoms with van der Waals surface area (Å²) < 4.78 is 22.2. The third kappa shape index (κ3) is 4.20. The molecule has 1 aliphatic rings. The molecular weight excluding hydrogens is 334 g/mol. The zero-order valence-corrected chi connectivity index (χ0v) is 15.0. The van der Waals surface area contributed by atoms with Gasteiger partial charge in [0.15, 0.2) is 11.5 Å². The summed E-state index contributed by atoms with van der Waals surface area (Å²) in [5.41, 5.74) is 1.07. The summed E-state index contributed by atoms with van der Waals surface area (Å²) in [6.07, 6.45) is 1.74. The van der Waals surface area contributed by atoms with Crippen LogP contribution in [0.25, 0.3) is 0 Å². The van der Waals surface area contributed by atoms with E-state index in [2.05, 4.69) is 12.2 Å². The van der Waals surface area contributed by atoms with E-state index < -0.39 is 0 Å². The second-order valence-electron chi connectivity index (χ2n) is 5.88. The molecule has 0 fully saturated rings. The van der Waals surface area contributed by atoms with Gasteiger partial charge >= 0.3 is 0 Å². The topological polar surface area (TPSA) is 66.0 Å². The van der Waals surface area contributed by atoms with E-state index in [1.807, 2.05) is 12.1 Å². The van der Waals surface area contributed by atoms with Crippen LogP contribution < -0.4 is 24.3 Å². The Kier molecular flexibility index (Phi) is 5.84. The van der Waals surface area contributed by atoms with Gasteiger partial charge in [-0.2, -0.15) is 0 Å². The van der Waals surface area contributed by atoms with Gasteiger partial charge in [-0.3, -0.25) is 4.79 Å². The van der Waals surface area contributed by atoms with Gasteiger partial charge in [-0.25, -0.2) is 0 Å². The van der Waals surface area contributed by atoms with Crippen molar-refractivity contribution in [3.05, 3.63) is 42.0 Å². The first-order chi connectivity index (χ1) is 12.7. The molecule has 26 heavy (non-hydrogen) atoms. The van der Waals surface area contributed by atoms with E-state index in [4.69, 9.17) is 18.9 Å². The second kappa shape index (κ2) is 8.47. The highest BCUT2D eigenvalue weighted by Crippen LogP contribution is 2.36. The number of rotatable bonds is 6. The highest BCUT2D eigenvalue weighted by Gasteiger charge is 2.20. The van der Waals surface area contributed by atoms with Crippen LogP contribution in [0.2, 0.25) is 0 Å². The first-order valence-electron chi connectivity index (χ1n) is 8.73. The first-order valence-corrected chi connectivity index (χ1v) is 8.73. The third-order valence-electron chi connectivity index (χ3n) is 3.90. The number of nitrogens with one attached hydrogen (secondary N) is 1. The van der Waals surface area contributed by atoms with Crippen LogP contribution >= 0.6 is 0 Å². The van der Waals surface area contributed by atoms with Crippen LogP contribution in [0.15, 0.2) is 36.4 Å². The van der Waals surface area contributed by atoms with E-state index >= 15 is 0 Å². The number of anilines is 1. The smallest absolute Gasteiger partial charge is 0.259 e. The van der Waals surface area contributed by atoms with Crippen LogP contribution in [0, 0.1) is 0 Å². The Balaban J connectivity index is 1.77. The van der Waals surface area contributed by atoms with E-state index in [0.717, 1.165) is 18.6 Å². The zero-order chi connectivity index (χ0) is 18.4. The van der Waals surface area contributed by atoms with Crippen LogP contribution in [0.4, 0.5) is 5.69 Å². The Bertz CT molecular complexity index is 758. The van der Waals surface area contributed by atoms with Crippen LogP contribution in [0.1, 0.15) is 30.1 Å². The van der Waals surface area contributed by atoms with Crippen molar-refractivity contribution < 1.29 is 23.7 Å². The van der Waals surface area contributed by atoms with Crippen LogP contribution in [0.3, 0.4) is 0 Å². The minimum absolute atomic E-state index is 0.278. The number of benzene rings is 2. The number of carbonyl (C=O) groups excluding carboxylic acids is 1. The van der Waals surface area contributed by atoms with E-state index in [9.17, 15) is 4.79 Å². The van der Waals surface area contributed by atoms with Gasteiger partial charge in [0.05, 0.1) is 32.5 Å². The van der Waals surface area contributed by atoms with Crippen molar-refractivity contribution in [2.24, 2.45) is 0 Å². The van der Waals surface area contributed by atoms with Crippen LogP contribution in [0.5, 0.6) is 23.0 Å². The van der Waals surface area contributed by atoms with E-state index in [0.29, 0.717) is 48.3 Å². The molecule has 0 spiro atoms. The highest BCUT2D eigenvalue weighted by atomic mass is 16.5. The predicted octanol–water partition coefficient (Wildman–Crippen LogP) is 3.90. The van der Waals surface area contributed by atoms with Gasteiger partial charge in [0.2, 0.25) is 0 Å². The van der Waals surface area contributed by atoms with Crippen molar-refractivity contribution in [3.63, 3.8) is 0 Å². The molecule has 6 heteroatoms. The van der Waals surface area contributed by atoms with Gasteiger partial charge in [0.25, 0.3) is 5.91 Å². The number of hydrogen-bond donors (Lipinski definition) is 1. The molecule has 3 rings (SSSR count). The molecule has 1 N–H and O–H groups in total. The molecule has 0 saturated carbocycles. The van der Waals surface area contributed by atoms with Crippen molar-refractivity contribution in [3.8, 4) is 23.0 Å². The summed E-state index contributed by atoms with van der Waals surface area (Å²) in [5, 5.41) is 2.87. The number of ether oxygens (including phenoxy) is 4. The maximum Gasteiger partial charge on any atom is 0.259 e. The lowest BCUT2D eigenvalue weighted by molar-refractivity contribution is 0.102. The standard InChI is InChI=1S/C20H23NO5/c1-3-9-24-15-7-5-14(6-8-15)21-20(22)16-12-18-19(13-17(16)23-2)26-11-4-10-25-18/h5-8,12-13H,3-4,9-11H2,1-2H3,(H,21,22). The molecule has 1 heterocycles. The Morgan fingerprint density at radius 2 is 1.81 bits per heavy atom. The summed E-state index contributed by atoms with van der Waals surface area (Å²) in [4.78, 5) is 12.7. The molecule has 0 radical (unpaired) electrons. The lowest BCUT2D eigenvalue weighted by atomic mass is 10.1. The van der Waals surface area contributed by atoms with E-state index in [-0.39, 0.29) is 5.91 Å². The van der Waals surface area contributed by atoms with Gasteiger partial charge in [-0.05, 0) is 30.7 Å². The normalized spacial score (nSPS) is 12.8. The molecule has 138 valence electrons. The molecule has 0 unspecified atom stereocenters. The molecule has 0 aromatic heterocycles. The minimum Gasteiger partial charge on any atom is -0.496 e. The summed E-state index contributed by atoms with van der Waals surface area (Å²) >= 11 is 0. The molecule has 1 aliphatic heterocycles. The fourth-order valence-electron chi connectivity index (χ4n) is 2.59. The summed E-state index contributed by atoms with van der Waals surface area (Å²) in [5.74, 6) is 2.08. The lowest BCUT2D eigenvalue weighted by Gasteiger charge is -2.14. The number of methoxy groups -OCH3 is 1. The molecule has 6 nitrogen and oxygen atoms in total. The van der Waals surface area contributed by atoms with E-state index in [1.54, 1.807) is 24.3 Å². The molecule has 2 aromatic rings. The number of amides is 1. The zero-order valence-electron chi connectivity index (χ0n) is 15.0. The fourth-order valence-corrected chi connectivity index (χ4v) is 2.59. The van der Waals surface area contributed by atoms with Crippen molar-refractivity contribution >= 4 is 11.6 Å². The quantitative estimate of drug-likeness (QED) is 0.849. The molecular formula is C20H23NO5. The first kappa shape index (κ1) is 17.9. The van der Waals surface area contributed by atoms with Gasteiger partial charge in [0, 0.05) is 24.2 Å². The lowest BCUT2D eigenvalue weighted by Crippen LogP contribution is -2.13. The van der Waals surface area contributed by atoms with Gasteiger partial charge in [0.1, 0.15) is 11.5 Å². The molecule has 1 amide bonds. The number of carbonyl (C=O) groups is 1. The van der Waals surface area contributed by atoms with Gasteiger partial charge < -0.3 is 24.3 Å². The fraction of sp³-hybridized carbons (Fsp3) is 0.350. The van der Waals surface area contributed by atoms with Crippen molar-refractivity contribution in [2.45, 2.75) is 19.8 Å². The van der Waals surface area contributed by atoms with Crippen LogP contribution in [-0.2, 0) is 0 Å². The molecule has 0 atom stereocenters. The summed E-state index contributed by atoms with van der Waals surface area (Å²) in [6.45, 7) is 3.85. The second-order valence-corrected chi connectivity index (χ2v) is 5.88. The number of fused-ring (bicyclic) bond motifs is 1. The number of hydrogen-bond acceptors (Lipinski definition) is 5. The monoisotopic (exact) mass is 357 g/mol.